The molecule has 0 atom stereocenters. The smallest absolute Gasteiger partial charge is 0.275 e. The average Bonchev–Trinajstić information content (AvgIpc) is 2.91. The van der Waals surface area contributed by atoms with E-state index in [1.54, 1.807) is 0 Å². The number of H-pyrrole nitrogens is 1. The molecule has 23 heavy (non-hydrogen) atoms. The van der Waals surface area contributed by atoms with E-state index in [1.807, 2.05) is 22.6 Å². The van der Waals surface area contributed by atoms with Gasteiger partial charge in [0.2, 0.25) is 0 Å². The van der Waals surface area contributed by atoms with E-state index in [-0.39, 0.29) is 17.1 Å². The lowest BCUT2D eigenvalue weighted by Crippen LogP contribution is -2.14. The Kier molecular flexibility index (Phi) is 5.41. The normalized spacial score (nSPS) is 10.6. The molecule has 0 unspecified atom stereocenters. The highest BCUT2D eigenvalue weighted by atomic mass is 127. The lowest BCUT2D eigenvalue weighted by Gasteiger charge is -2.09. The molecule has 1 heterocycles. The molecule has 0 aliphatic rings. The van der Waals surface area contributed by atoms with Crippen LogP contribution in [-0.4, -0.2) is 34.1 Å². The Bertz CT molecular complexity index is 738. The molecule has 2 aromatic rings. The van der Waals surface area contributed by atoms with Gasteiger partial charge in [0.05, 0.1) is 26.4 Å². The third-order valence-corrected chi connectivity index (χ3v) is 3.37. The number of nitro benzene ring substituents is 1. The largest absolute Gasteiger partial charge is 0.487 e. The molecule has 11 heteroatoms. The second kappa shape index (κ2) is 7.30. The molecule has 0 radical (unpaired) electrons. The van der Waals surface area contributed by atoms with Gasteiger partial charge in [-0.1, -0.05) is 0 Å². The van der Waals surface area contributed by atoms with E-state index < -0.39 is 29.6 Å². The van der Waals surface area contributed by atoms with Crippen molar-refractivity contribution in [3.63, 3.8) is 0 Å². The number of aromatic amines is 1. The maximum Gasteiger partial charge on any atom is 0.275 e. The first kappa shape index (κ1) is 17.1. The highest BCUT2D eigenvalue weighted by Gasteiger charge is 2.16. The molecule has 0 saturated carbocycles. The van der Waals surface area contributed by atoms with Gasteiger partial charge in [-0.05, 0) is 22.6 Å². The molecule has 8 nitrogen and oxygen atoms in total. The quantitative estimate of drug-likeness (QED) is 0.410. The lowest BCUT2D eigenvalue weighted by molar-refractivity contribution is -0.384. The average molecular weight is 438 g/mol. The van der Waals surface area contributed by atoms with Crippen LogP contribution in [-0.2, 0) is 0 Å². The SMILES string of the molecule is O=C(Nc1cc(OCC(F)F)cc([N+](=O)[O-])c1)c1[nH]ncc1I. The Morgan fingerprint density at radius 1 is 1.48 bits per heavy atom. The van der Waals surface area contributed by atoms with Crippen molar-refractivity contribution in [1.29, 1.82) is 0 Å². The van der Waals surface area contributed by atoms with Crippen molar-refractivity contribution < 1.29 is 23.2 Å². The van der Waals surface area contributed by atoms with Crippen molar-refractivity contribution in [2.24, 2.45) is 0 Å². The first-order valence-electron chi connectivity index (χ1n) is 6.07. The lowest BCUT2D eigenvalue weighted by atomic mass is 10.2. The molecule has 0 bridgehead atoms. The minimum atomic E-state index is -2.72. The summed E-state index contributed by atoms with van der Waals surface area (Å²) >= 11 is 1.89. The van der Waals surface area contributed by atoms with Gasteiger partial charge in [-0.15, -0.1) is 0 Å². The number of rotatable bonds is 6. The summed E-state index contributed by atoms with van der Waals surface area (Å²) in [5.41, 5.74) is -0.183. The fourth-order valence-corrected chi connectivity index (χ4v) is 2.13. The first-order chi connectivity index (χ1) is 10.9. The molecule has 2 rings (SSSR count). The Hall–Kier alpha value is -2.31. The third-order valence-electron chi connectivity index (χ3n) is 2.56. The number of carbonyl (C=O) groups is 1. The third kappa shape index (κ3) is 4.58. The number of anilines is 1. The number of carbonyl (C=O) groups excluding carboxylic acids is 1. The summed E-state index contributed by atoms with van der Waals surface area (Å²) < 4.78 is 29.7. The summed E-state index contributed by atoms with van der Waals surface area (Å²) in [4.78, 5) is 22.2. The monoisotopic (exact) mass is 438 g/mol. The number of nitro groups is 1. The molecule has 1 aromatic heterocycles. The molecular formula is C12H9F2IN4O4. The van der Waals surface area contributed by atoms with Crippen molar-refractivity contribution >= 4 is 39.9 Å². The van der Waals surface area contributed by atoms with Gasteiger partial charge in [0.15, 0.2) is 0 Å². The number of halogens is 3. The molecule has 0 saturated heterocycles. The van der Waals surface area contributed by atoms with Crippen molar-refractivity contribution in [1.82, 2.24) is 10.2 Å². The number of non-ortho nitro benzene ring substituents is 1. The van der Waals surface area contributed by atoms with Gasteiger partial charge in [0.25, 0.3) is 18.0 Å². The van der Waals surface area contributed by atoms with Gasteiger partial charge in [0.1, 0.15) is 18.1 Å². The summed E-state index contributed by atoms with van der Waals surface area (Å²) in [6.07, 6.45) is -1.29. The summed E-state index contributed by atoms with van der Waals surface area (Å²) in [5.74, 6) is -0.721. The number of nitrogens with zero attached hydrogens (tertiary/aromatic N) is 2. The summed E-state index contributed by atoms with van der Waals surface area (Å²) in [6, 6.07) is 3.31. The van der Waals surface area contributed by atoms with Gasteiger partial charge in [-0.3, -0.25) is 20.0 Å². The van der Waals surface area contributed by atoms with E-state index in [0.29, 0.717) is 3.57 Å². The number of amides is 1. The minimum Gasteiger partial charge on any atom is -0.487 e. The predicted molar refractivity (Wildman–Crippen MR) is 83.9 cm³/mol. The van der Waals surface area contributed by atoms with Gasteiger partial charge in [-0.25, -0.2) is 8.78 Å². The van der Waals surface area contributed by atoms with Crippen LogP contribution in [0, 0.1) is 13.7 Å². The van der Waals surface area contributed by atoms with Crippen LogP contribution >= 0.6 is 22.6 Å². The van der Waals surface area contributed by atoms with Crippen LogP contribution < -0.4 is 10.1 Å². The van der Waals surface area contributed by atoms with Crippen molar-refractivity contribution in [2.45, 2.75) is 6.43 Å². The summed E-state index contributed by atoms with van der Waals surface area (Å²) in [5, 5.41) is 19.5. The van der Waals surface area contributed by atoms with Gasteiger partial charge in [-0.2, -0.15) is 5.10 Å². The highest BCUT2D eigenvalue weighted by molar-refractivity contribution is 14.1. The second-order valence-electron chi connectivity index (χ2n) is 4.22. The molecule has 1 amide bonds. The fourth-order valence-electron chi connectivity index (χ4n) is 1.63. The second-order valence-corrected chi connectivity index (χ2v) is 5.38. The Labute approximate surface area is 141 Å². The molecule has 2 N–H and O–H groups in total. The van der Waals surface area contributed by atoms with Crippen LogP contribution in [0.1, 0.15) is 10.5 Å². The van der Waals surface area contributed by atoms with Crippen molar-refractivity contribution in [3.8, 4) is 5.75 Å². The van der Waals surface area contributed by atoms with Gasteiger partial charge in [0, 0.05) is 12.1 Å². The van der Waals surface area contributed by atoms with Gasteiger partial charge >= 0.3 is 0 Å². The number of ether oxygens (including phenoxy) is 1. The van der Waals surface area contributed by atoms with E-state index in [2.05, 4.69) is 15.5 Å². The molecule has 0 aliphatic heterocycles. The molecule has 0 aliphatic carbocycles. The van der Waals surface area contributed by atoms with Crippen molar-refractivity contribution in [2.75, 3.05) is 11.9 Å². The summed E-state index contributed by atoms with van der Waals surface area (Å²) in [7, 11) is 0. The van der Waals surface area contributed by atoms with Crippen LogP contribution in [0.15, 0.2) is 24.4 Å². The number of nitrogens with one attached hydrogen (secondary N) is 2. The first-order valence-corrected chi connectivity index (χ1v) is 7.15. The zero-order valence-corrected chi connectivity index (χ0v) is 13.4. The Morgan fingerprint density at radius 3 is 2.78 bits per heavy atom. The number of aromatic nitrogens is 2. The van der Waals surface area contributed by atoms with Crippen LogP contribution in [0.5, 0.6) is 5.75 Å². The van der Waals surface area contributed by atoms with Crippen LogP contribution in [0.4, 0.5) is 20.2 Å². The molecule has 0 spiro atoms. The van der Waals surface area contributed by atoms with Crippen LogP contribution in [0.3, 0.4) is 0 Å². The standard InChI is InChI=1S/C12H9F2IN4O4/c13-10(14)5-23-8-2-6(1-7(3-8)19(21)22)17-12(20)11-9(15)4-16-18-11/h1-4,10H,5H2,(H,16,18)(H,17,20). The van der Waals surface area contributed by atoms with Crippen LogP contribution in [0.2, 0.25) is 0 Å². The summed E-state index contributed by atoms with van der Waals surface area (Å²) in [6.45, 7) is -0.910. The zero-order valence-electron chi connectivity index (χ0n) is 11.3. The molecular weight excluding hydrogens is 429 g/mol. The topological polar surface area (TPSA) is 110 Å². The molecule has 122 valence electrons. The Balaban J connectivity index is 2.24. The van der Waals surface area contributed by atoms with E-state index in [0.717, 1.165) is 12.1 Å². The van der Waals surface area contributed by atoms with E-state index >= 15 is 0 Å². The highest BCUT2D eigenvalue weighted by Crippen LogP contribution is 2.27. The fraction of sp³-hybridized carbons (Fsp3) is 0.167. The Morgan fingerprint density at radius 2 is 2.22 bits per heavy atom. The van der Waals surface area contributed by atoms with E-state index in [9.17, 15) is 23.7 Å². The number of benzene rings is 1. The minimum absolute atomic E-state index is 0.0406. The van der Waals surface area contributed by atoms with Gasteiger partial charge < -0.3 is 10.1 Å². The number of hydrogen-bond acceptors (Lipinski definition) is 5. The van der Waals surface area contributed by atoms with Crippen molar-refractivity contribution in [3.05, 3.63) is 43.8 Å². The maximum atomic E-state index is 12.2. The number of hydrogen-bond donors (Lipinski definition) is 2. The predicted octanol–water partition coefficient (Wildman–Crippen LogP) is 2.82. The molecule has 0 fully saturated rings. The van der Waals surface area contributed by atoms with E-state index in [1.165, 1.54) is 12.3 Å². The van der Waals surface area contributed by atoms with Crippen LogP contribution in [0.25, 0.3) is 0 Å². The molecule has 1 aromatic carbocycles. The maximum absolute atomic E-state index is 12.2. The van der Waals surface area contributed by atoms with E-state index in [4.69, 9.17) is 4.74 Å². The zero-order chi connectivity index (χ0) is 17.0. The number of alkyl halides is 2.